The minimum Gasteiger partial charge on any atom is -0.493 e. The topological polar surface area (TPSA) is 25.3 Å². The van der Waals surface area contributed by atoms with Crippen LogP contribution >= 0.6 is 0 Å². The molecular weight excluding hydrogens is 484 g/mol. The first kappa shape index (κ1) is 31.8. The van der Waals surface area contributed by atoms with Crippen LogP contribution in [-0.2, 0) is 12.8 Å². The molecule has 0 N–H and O–H groups in total. The normalized spacial score (nSPS) is 13.8. The summed E-state index contributed by atoms with van der Waals surface area (Å²) in [7, 11) is 0. The standard InChI is InChI=1S/C38H54N2/c1-5-9-13-14-15-16-18-28-36-35(27-17-10-6-2)37(33-25-19-23-31(29-33)21-11-7-3)40(39)38(36)34-26-20-24-32(30-34)22-12-8-4/h18-20,23-26,28-30H,5-17,21-22,27H2,1-4H3. The molecule has 1 aliphatic heterocycles. The minimum atomic E-state index is 0.945. The van der Waals surface area contributed by atoms with Crippen molar-refractivity contribution in [3.8, 4) is 0 Å². The van der Waals surface area contributed by atoms with Gasteiger partial charge in [-0.3, -0.25) is 0 Å². The Hall–Kier alpha value is -2.74. The van der Waals surface area contributed by atoms with Crippen LogP contribution in [0.5, 0.6) is 0 Å². The van der Waals surface area contributed by atoms with Gasteiger partial charge in [0.15, 0.2) is 0 Å². The average molecular weight is 539 g/mol. The summed E-state index contributed by atoms with van der Waals surface area (Å²) in [4.78, 5) is 0. The zero-order valence-electron chi connectivity index (χ0n) is 26.0. The highest BCUT2D eigenvalue weighted by Crippen LogP contribution is 2.43. The van der Waals surface area contributed by atoms with Crippen molar-refractivity contribution in [2.45, 2.75) is 130 Å². The van der Waals surface area contributed by atoms with Crippen LogP contribution in [-0.4, -0.2) is 4.70 Å². The quantitative estimate of drug-likeness (QED) is 0.125. The van der Waals surface area contributed by atoms with E-state index < -0.39 is 0 Å². The number of hydrogen-bond donors (Lipinski definition) is 0. The number of unbranched alkanes of at least 4 members (excludes halogenated alkanes) is 9. The molecule has 2 aromatic carbocycles. The van der Waals surface area contributed by atoms with Gasteiger partial charge in [-0.05, 0) is 86.8 Å². The lowest BCUT2D eigenvalue weighted by molar-refractivity contribution is -0.345. The molecule has 0 bridgehead atoms. The summed E-state index contributed by atoms with van der Waals surface area (Å²) in [5.41, 5.74) is 21.3. The summed E-state index contributed by atoms with van der Waals surface area (Å²) >= 11 is 0. The SMILES string of the molecule is CCCCCCCC=CC1=C(c2cccc(CCCC)c2)[N+](=[N-])C(c2cccc(CCCC)c2)=C1CCCCC. The van der Waals surface area contributed by atoms with Gasteiger partial charge >= 0.3 is 0 Å². The van der Waals surface area contributed by atoms with Gasteiger partial charge in [0.1, 0.15) is 0 Å². The fraction of sp³-hybridized carbons (Fsp3) is 0.526. The number of aryl methyl sites for hydroxylation is 2. The zero-order valence-corrected chi connectivity index (χ0v) is 26.0. The summed E-state index contributed by atoms with van der Waals surface area (Å²) < 4.78 is 1.53. The third-order valence-electron chi connectivity index (χ3n) is 8.12. The van der Waals surface area contributed by atoms with Crippen LogP contribution in [0, 0.1) is 0 Å². The summed E-state index contributed by atoms with van der Waals surface area (Å²) in [6, 6.07) is 17.8. The van der Waals surface area contributed by atoms with Crippen LogP contribution in [0.1, 0.15) is 140 Å². The van der Waals surface area contributed by atoms with Gasteiger partial charge in [0, 0.05) is 16.7 Å². The Bertz CT molecular complexity index is 1160. The molecule has 0 saturated heterocycles. The Balaban J connectivity index is 2.06. The third-order valence-corrected chi connectivity index (χ3v) is 8.12. The van der Waals surface area contributed by atoms with E-state index in [0.717, 1.165) is 54.6 Å². The van der Waals surface area contributed by atoms with Crippen molar-refractivity contribution in [3.63, 3.8) is 0 Å². The first-order valence-electron chi connectivity index (χ1n) is 16.5. The van der Waals surface area contributed by atoms with Crippen LogP contribution in [0.15, 0.2) is 71.8 Å². The summed E-state index contributed by atoms with van der Waals surface area (Å²) in [6.45, 7) is 9.03. The second kappa shape index (κ2) is 17.8. The lowest BCUT2D eigenvalue weighted by atomic mass is 9.93. The molecule has 2 aromatic rings. The van der Waals surface area contributed by atoms with Crippen molar-refractivity contribution < 1.29 is 4.70 Å². The third kappa shape index (κ3) is 9.15. The lowest BCUT2D eigenvalue weighted by Crippen LogP contribution is -2.03. The van der Waals surface area contributed by atoms with Gasteiger partial charge in [0.25, 0.3) is 0 Å². The molecule has 216 valence electrons. The van der Waals surface area contributed by atoms with E-state index >= 15 is 0 Å². The number of rotatable bonds is 19. The number of benzene rings is 2. The van der Waals surface area contributed by atoms with Crippen LogP contribution < -0.4 is 0 Å². The fourth-order valence-electron chi connectivity index (χ4n) is 5.76. The van der Waals surface area contributed by atoms with E-state index in [2.05, 4.69) is 88.4 Å². The largest absolute Gasteiger partial charge is 0.493 e. The van der Waals surface area contributed by atoms with Crippen molar-refractivity contribution >= 4 is 11.4 Å². The Morgan fingerprint density at radius 1 is 0.600 bits per heavy atom. The summed E-state index contributed by atoms with van der Waals surface area (Å²) in [6.07, 6.45) is 23.7. The predicted molar refractivity (Wildman–Crippen MR) is 174 cm³/mol. The molecule has 1 heterocycles. The average Bonchev–Trinajstić information content (AvgIpc) is 3.25. The second-order valence-electron chi connectivity index (χ2n) is 11.6. The van der Waals surface area contributed by atoms with Crippen molar-refractivity contribution in [2.75, 3.05) is 0 Å². The van der Waals surface area contributed by atoms with Crippen molar-refractivity contribution in [1.82, 2.24) is 0 Å². The van der Waals surface area contributed by atoms with Crippen LogP contribution in [0.4, 0.5) is 0 Å². The second-order valence-corrected chi connectivity index (χ2v) is 11.6. The van der Waals surface area contributed by atoms with Gasteiger partial charge in [-0.2, -0.15) is 0 Å². The molecule has 40 heavy (non-hydrogen) atoms. The Morgan fingerprint density at radius 2 is 1.15 bits per heavy atom. The molecule has 0 spiro atoms. The predicted octanol–water partition coefficient (Wildman–Crippen LogP) is 12.0. The van der Waals surface area contributed by atoms with E-state index in [-0.39, 0.29) is 0 Å². The van der Waals surface area contributed by atoms with E-state index in [1.807, 2.05) is 0 Å². The maximum Gasteiger partial charge on any atom is 0.215 e. The Kier molecular flexibility index (Phi) is 14.2. The Labute approximate surface area is 245 Å². The van der Waals surface area contributed by atoms with E-state index in [1.165, 1.54) is 97.6 Å². The van der Waals surface area contributed by atoms with Crippen molar-refractivity contribution in [2.24, 2.45) is 0 Å². The highest BCUT2D eigenvalue weighted by atomic mass is 15.2. The van der Waals surface area contributed by atoms with E-state index in [1.54, 1.807) is 0 Å². The molecule has 2 heteroatoms. The molecule has 1 aliphatic rings. The smallest absolute Gasteiger partial charge is 0.215 e. The fourth-order valence-corrected chi connectivity index (χ4v) is 5.76. The van der Waals surface area contributed by atoms with Gasteiger partial charge in [-0.25, -0.2) is 4.70 Å². The molecule has 0 aliphatic carbocycles. The first-order chi connectivity index (χ1) is 19.6. The van der Waals surface area contributed by atoms with Gasteiger partial charge in [0.2, 0.25) is 11.4 Å². The molecule has 0 radical (unpaired) electrons. The molecule has 0 atom stereocenters. The van der Waals surface area contributed by atoms with Crippen LogP contribution in [0.3, 0.4) is 0 Å². The monoisotopic (exact) mass is 538 g/mol. The van der Waals surface area contributed by atoms with Crippen molar-refractivity contribution in [1.29, 1.82) is 0 Å². The first-order valence-corrected chi connectivity index (χ1v) is 16.5. The molecule has 0 saturated carbocycles. The van der Waals surface area contributed by atoms with E-state index in [9.17, 15) is 5.53 Å². The molecule has 0 fully saturated rings. The van der Waals surface area contributed by atoms with Crippen LogP contribution in [0.25, 0.3) is 16.9 Å². The van der Waals surface area contributed by atoms with E-state index in [0.29, 0.717) is 0 Å². The number of allylic oxidation sites excluding steroid dienone is 4. The van der Waals surface area contributed by atoms with Gasteiger partial charge < -0.3 is 5.53 Å². The minimum absolute atomic E-state index is 0.945. The summed E-state index contributed by atoms with van der Waals surface area (Å²) in [5, 5.41) is 0. The molecule has 3 rings (SSSR count). The molecule has 2 nitrogen and oxygen atoms in total. The number of hydrogen-bond acceptors (Lipinski definition) is 0. The van der Waals surface area contributed by atoms with Crippen LogP contribution in [0.2, 0.25) is 0 Å². The highest BCUT2D eigenvalue weighted by molar-refractivity contribution is 5.84. The van der Waals surface area contributed by atoms with Crippen molar-refractivity contribution in [3.05, 3.63) is 99.6 Å². The summed E-state index contributed by atoms with van der Waals surface area (Å²) in [5.74, 6) is 0. The molecule has 0 unspecified atom stereocenters. The maximum atomic E-state index is 12.0. The lowest BCUT2D eigenvalue weighted by Gasteiger charge is -2.11. The van der Waals surface area contributed by atoms with Gasteiger partial charge in [-0.15, -0.1) is 0 Å². The molecule has 0 aromatic heterocycles. The Morgan fingerprint density at radius 3 is 1.75 bits per heavy atom. The zero-order chi connectivity index (χ0) is 28.6. The molecule has 0 amide bonds. The highest BCUT2D eigenvalue weighted by Gasteiger charge is 2.34. The molecular formula is C38H54N2. The van der Waals surface area contributed by atoms with Gasteiger partial charge in [0.05, 0.1) is 5.57 Å². The maximum absolute atomic E-state index is 12.0. The number of nitrogens with zero attached hydrogens (tertiary/aromatic N) is 2. The van der Waals surface area contributed by atoms with E-state index in [4.69, 9.17) is 0 Å². The van der Waals surface area contributed by atoms with Gasteiger partial charge in [-0.1, -0.05) is 115 Å².